The molecule has 0 saturated carbocycles. The molecule has 3 rings (SSSR count). The number of aryl methyl sites for hydroxylation is 1. The van der Waals surface area contributed by atoms with E-state index in [1.54, 1.807) is 20.8 Å². The largest absolute Gasteiger partial charge is 0.462 e. The van der Waals surface area contributed by atoms with Gasteiger partial charge in [-0.15, -0.1) is 0 Å². The van der Waals surface area contributed by atoms with Gasteiger partial charge in [-0.25, -0.2) is 32.9 Å². The first-order chi connectivity index (χ1) is 14.2. The van der Waals surface area contributed by atoms with Crippen molar-refractivity contribution < 1.29 is 22.7 Å². The Bertz CT molecular complexity index is 1110. The first-order valence-corrected chi connectivity index (χ1v) is 9.45. The van der Waals surface area contributed by atoms with Crippen LogP contribution in [0.15, 0.2) is 24.3 Å². The molecule has 0 aliphatic carbocycles. The fourth-order valence-corrected chi connectivity index (χ4v) is 3.17. The number of benzene rings is 1. The predicted molar refractivity (Wildman–Crippen MR) is 106 cm³/mol. The van der Waals surface area contributed by atoms with Crippen LogP contribution in [-0.4, -0.2) is 27.5 Å². The highest BCUT2D eigenvalue weighted by atomic mass is 35.5. The Morgan fingerprint density at radius 3 is 2.60 bits per heavy atom. The third-order valence-electron chi connectivity index (χ3n) is 4.36. The van der Waals surface area contributed by atoms with Crippen molar-refractivity contribution in [3.63, 3.8) is 0 Å². The van der Waals surface area contributed by atoms with E-state index in [4.69, 9.17) is 16.3 Å². The zero-order valence-electron chi connectivity index (χ0n) is 16.3. The lowest BCUT2D eigenvalue weighted by atomic mass is 10.0. The smallest absolute Gasteiger partial charge is 0.341 e. The van der Waals surface area contributed by atoms with Gasteiger partial charge in [-0.2, -0.15) is 0 Å². The maximum Gasteiger partial charge on any atom is 0.341 e. The molecule has 158 valence electrons. The molecule has 0 fully saturated rings. The number of carbonyl (C=O) groups excluding carboxylic acids is 1. The van der Waals surface area contributed by atoms with Crippen molar-refractivity contribution in [2.45, 2.75) is 33.2 Å². The molecule has 0 unspecified atom stereocenters. The first kappa shape index (κ1) is 21.8. The Labute approximate surface area is 175 Å². The van der Waals surface area contributed by atoms with Crippen LogP contribution >= 0.6 is 11.6 Å². The number of nitrogens with zero attached hydrogens (tertiary/aromatic N) is 3. The molecule has 1 atom stereocenters. The van der Waals surface area contributed by atoms with Crippen LogP contribution in [0, 0.1) is 12.7 Å². The van der Waals surface area contributed by atoms with Crippen LogP contribution in [0.1, 0.15) is 53.6 Å². The van der Waals surface area contributed by atoms with E-state index in [2.05, 4.69) is 20.3 Å². The van der Waals surface area contributed by atoms with Crippen LogP contribution < -0.4 is 5.32 Å². The lowest BCUT2D eigenvalue weighted by molar-refractivity contribution is 0.0526. The van der Waals surface area contributed by atoms with Gasteiger partial charge in [0.25, 0.3) is 6.43 Å². The Morgan fingerprint density at radius 1 is 1.23 bits per heavy atom. The number of ether oxygens (including phenoxy) is 1. The minimum atomic E-state index is -2.93. The van der Waals surface area contributed by atoms with Crippen LogP contribution in [0.3, 0.4) is 0 Å². The number of hydrogen-bond donors (Lipinski definition) is 1. The molecule has 0 saturated heterocycles. The zero-order chi connectivity index (χ0) is 22.0. The van der Waals surface area contributed by atoms with Crippen molar-refractivity contribution in [3.05, 3.63) is 57.8 Å². The van der Waals surface area contributed by atoms with Gasteiger partial charge in [0, 0.05) is 5.56 Å². The molecule has 0 aliphatic heterocycles. The SMILES string of the molecule is CCOC(=O)c1cc2c(N[C@H](C)c3cccc(C(F)F)c3F)nc(C)nc2nc1Cl. The number of aromatic nitrogens is 3. The van der Waals surface area contributed by atoms with Gasteiger partial charge in [0.2, 0.25) is 0 Å². The molecule has 1 N–H and O–H groups in total. The number of halogens is 4. The number of alkyl halides is 2. The van der Waals surface area contributed by atoms with Crippen LogP contribution in [0.4, 0.5) is 19.0 Å². The topological polar surface area (TPSA) is 77.0 Å². The summed E-state index contributed by atoms with van der Waals surface area (Å²) in [5.74, 6) is -1.05. The molecule has 0 radical (unpaired) electrons. The summed E-state index contributed by atoms with van der Waals surface area (Å²) in [5, 5.41) is 3.27. The average Bonchev–Trinajstić information content (AvgIpc) is 2.67. The number of esters is 1. The van der Waals surface area contributed by atoms with Gasteiger partial charge >= 0.3 is 5.97 Å². The third-order valence-corrected chi connectivity index (χ3v) is 4.65. The van der Waals surface area contributed by atoms with Crippen LogP contribution in [-0.2, 0) is 4.74 Å². The van der Waals surface area contributed by atoms with Gasteiger partial charge in [-0.05, 0) is 26.8 Å². The van der Waals surface area contributed by atoms with Crippen LogP contribution in [0.25, 0.3) is 11.0 Å². The quantitative estimate of drug-likeness (QED) is 0.409. The average molecular weight is 439 g/mol. The molecule has 10 heteroatoms. The first-order valence-electron chi connectivity index (χ1n) is 9.07. The highest BCUT2D eigenvalue weighted by Crippen LogP contribution is 2.31. The standard InChI is InChI=1S/C20H18ClF3N4O2/c1-4-30-20(29)13-8-14-18(26-10(3)27-19(14)28-16(13)21)25-9(2)11-6-5-7-12(15(11)22)17(23)24/h5-9,17H,4H2,1-3H3,(H,25,26,27,28)/t9-/m1/s1. The Balaban J connectivity index is 2.06. The van der Waals surface area contributed by atoms with Crippen molar-refractivity contribution in [1.82, 2.24) is 15.0 Å². The highest BCUT2D eigenvalue weighted by molar-refractivity contribution is 6.33. The summed E-state index contributed by atoms with van der Waals surface area (Å²) in [7, 11) is 0. The Hall–Kier alpha value is -2.94. The third kappa shape index (κ3) is 4.30. The summed E-state index contributed by atoms with van der Waals surface area (Å²) in [6.07, 6.45) is -2.93. The van der Waals surface area contributed by atoms with Crippen LogP contribution in [0.2, 0.25) is 5.15 Å². The van der Waals surface area contributed by atoms with Gasteiger partial charge in [-0.1, -0.05) is 29.8 Å². The number of anilines is 1. The summed E-state index contributed by atoms with van der Waals surface area (Å²) >= 11 is 6.09. The summed E-state index contributed by atoms with van der Waals surface area (Å²) in [6.45, 7) is 5.04. The number of pyridine rings is 1. The van der Waals surface area contributed by atoms with Crippen molar-refractivity contribution in [3.8, 4) is 0 Å². The van der Waals surface area contributed by atoms with Gasteiger partial charge < -0.3 is 10.1 Å². The maximum atomic E-state index is 14.5. The minimum absolute atomic E-state index is 0.0278. The summed E-state index contributed by atoms with van der Waals surface area (Å²) < 4.78 is 45.6. The summed E-state index contributed by atoms with van der Waals surface area (Å²) in [6, 6.07) is 4.53. The molecule has 0 spiro atoms. The van der Waals surface area contributed by atoms with Crippen molar-refractivity contribution >= 4 is 34.4 Å². The molecule has 2 aromatic heterocycles. The van der Waals surface area contributed by atoms with Crippen molar-refractivity contribution in [1.29, 1.82) is 0 Å². The van der Waals surface area contributed by atoms with Crippen LogP contribution in [0.5, 0.6) is 0 Å². The zero-order valence-corrected chi connectivity index (χ0v) is 17.1. The Morgan fingerprint density at radius 2 is 1.93 bits per heavy atom. The van der Waals surface area contributed by atoms with Gasteiger partial charge in [-0.3, -0.25) is 0 Å². The normalized spacial score (nSPS) is 12.3. The second-order valence-corrected chi connectivity index (χ2v) is 6.81. The van der Waals surface area contributed by atoms with E-state index in [0.717, 1.165) is 6.07 Å². The van der Waals surface area contributed by atoms with Crippen molar-refractivity contribution in [2.24, 2.45) is 0 Å². The van der Waals surface area contributed by atoms with Gasteiger partial charge in [0.15, 0.2) is 5.65 Å². The van der Waals surface area contributed by atoms with E-state index in [9.17, 15) is 18.0 Å². The fourth-order valence-electron chi connectivity index (χ4n) is 2.96. The van der Waals surface area contributed by atoms with Gasteiger partial charge in [0.05, 0.1) is 29.2 Å². The minimum Gasteiger partial charge on any atom is -0.462 e. The van der Waals surface area contributed by atoms with E-state index >= 15 is 0 Å². The summed E-state index contributed by atoms with van der Waals surface area (Å²) in [4.78, 5) is 24.8. The number of rotatable bonds is 6. The Kier molecular flexibility index (Phi) is 6.40. The molecule has 2 heterocycles. The maximum absolute atomic E-state index is 14.5. The number of nitrogens with one attached hydrogen (secondary N) is 1. The predicted octanol–water partition coefficient (Wildman–Crippen LogP) is 5.41. The molecular weight excluding hydrogens is 421 g/mol. The highest BCUT2D eigenvalue weighted by Gasteiger charge is 2.22. The molecule has 0 bridgehead atoms. The molecular formula is C20H18ClF3N4O2. The van der Waals surface area contributed by atoms with Crippen molar-refractivity contribution in [2.75, 3.05) is 11.9 Å². The molecule has 30 heavy (non-hydrogen) atoms. The van der Waals surface area contributed by atoms with E-state index < -0.39 is 29.8 Å². The van der Waals surface area contributed by atoms with E-state index in [0.29, 0.717) is 11.2 Å². The lowest BCUT2D eigenvalue weighted by Crippen LogP contribution is -2.13. The number of carbonyl (C=O) groups is 1. The van der Waals surface area contributed by atoms with E-state index in [1.807, 2.05) is 0 Å². The fraction of sp³-hybridized carbons (Fsp3) is 0.300. The van der Waals surface area contributed by atoms with Gasteiger partial charge in [0.1, 0.15) is 22.6 Å². The monoisotopic (exact) mass is 438 g/mol. The number of fused-ring (bicyclic) bond motifs is 1. The molecule has 3 aromatic rings. The molecule has 0 amide bonds. The molecule has 6 nitrogen and oxygen atoms in total. The van der Waals surface area contributed by atoms with E-state index in [-0.39, 0.29) is 34.4 Å². The summed E-state index contributed by atoms with van der Waals surface area (Å²) in [5.41, 5.74) is -0.384. The lowest BCUT2D eigenvalue weighted by Gasteiger charge is -2.18. The van der Waals surface area contributed by atoms with E-state index in [1.165, 1.54) is 18.2 Å². The second kappa shape index (κ2) is 8.83. The molecule has 0 aliphatic rings. The molecule has 1 aromatic carbocycles. The second-order valence-electron chi connectivity index (χ2n) is 6.45. The number of hydrogen-bond acceptors (Lipinski definition) is 6.